The van der Waals surface area contributed by atoms with Gasteiger partial charge >= 0.3 is 0 Å². The molecule has 1 saturated heterocycles. The molecule has 7 heteroatoms. The zero-order chi connectivity index (χ0) is 19.8. The molecule has 2 aliphatic heterocycles. The van der Waals surface area contributed by atoms with Crippen molar-refractivity contribution in [2.24, 2.45) is 0 Å². The molecule has 1 atom stereocenters. The Labute approximate surface area is 169 Å². The van der Waals surface area contributed by atoms with Crippen LogP contribution in [0.3, 0.4) is 0 Å². The summed E-state index contributed by atoms with van der Waals surface area (Å²) in [6.07, 6.45) is 6.38. The van der Waals surface area contributed by atoms with Gasteiger partial charge in [-0.15, -0.1) is 0 Å². The van der Waals surface area contributed by atoms with E-state index in [1.165, 1.54) is 0 Å². The molecule has 2 aliphatic rings. The SMILES string of the molecule is COCCN1c2cccnc2-n2cccc2[C@@]12CCN(C(=O)c1ccccn1)C2. The minimum atomic E-state index is -0.317. The second-order valence-electron chi connectivity index (χ2n) is 7.48. The van der Waals surface area contributed by atoms with Gasteiger partial charge < -0.3 is 19.1 Å². The van der Waals surface area contributed by atoms with E-state index in [1.54, 1.807) is 19.4 Å². The van der Waals surface area contributed by atoms with E-state index in [1.807, 2.05) is 29.3 Å². The van der Waals surface area contributed by atoms with Crippen molar-refractivity contribution in [3.63, 3.8) is 0 Å². The van der Waals surface area contributed by atoms with Crippen molar-refractivity contribution >= 4 is 11.6 Å². The summed E-state index contributed by atoms with van der Waals surface area (Å²) in [5, 5.41) is 0. The Bertz CT molecular complexity index is 1030. The van der Waals surface area contributed by atoms with Gasteiger partial charge in [0.05, 0.1) is 18.0 Å². The van der Waals surface area contributed by atoms with Crippen LogP contribution in [-0.2, 0) is 10.3 Å². The van der Waals surface area contributed by atoms with E-state index < -0.39 is 0 Å². The summed E-state index contributed by atoms with van der Waals surface area (Å²) >= 11 is 0. The number of hydrogen-bond donors (Lipinski definition) is 0. The molecular weight excluding hydrogens is 366 g/mol. The normalized spacial score (nSPS) is 20.0. The first kappa shape index (κ1) is 17.9. The van der Waals surface area contributed by atoms with Crippen molar-refractivity contribution < 1.29 is 9.53 Å². The molecule has 0 unspecified atom stereocenters. The lowest BCUT2D eigenvalue weighted by molar-refractivity contribution is 0.0775. The Balaban J connectivity index is 1.57. The van der Waals surface area contributed by atoms with Gasteiger partial charge in [-0.1, -0.05) is 6.07 Å². The number of nitrogens with zero attached hydrogens (tertiary/aromatic N) is 5. The monoisotopic (exact) mass is 389 g/mol. The fraction of sp³-hybridized carbons (Fsp3) is 0.318. The van der Waals surface area contributed by atoms with Crippen LogP contribution in [0.15, 0.2) is 61.1 Å². The highest BCUT2D eigenvalue weighted by atomic mass is 16.5. The number of hydrogen-bond acceptors (Lipinski definition) is 5. The van der Waals surface area contributed by atoms with Crippen LogP contribution in [0.25, 0.3) is 5.82 Å². The Morgan fingerprint density at radius 3 is 2.86 bits per heavy atom. The van der Waals surface area contributed by atoms with E-state index >= 15 is 0 Å². The van der Waals surface area contributed by atoms with Crippen LogP contribution in [0.4, 0.5) is 5.69 Å². The van der Waals surface area contributed by atoms with E-state index in [0.29, 0.717) is 25.4 Å². The first-order valence-corrected chi connectivity index (χ1v) is 9.85. The zero-order valence-electron chi connectivity index (χ0n) is 16.4. The van der Waals surface area contributed by atoms with Gasteiger partial charge in [-0.25, -0.2) is 4.98 Å². The average molecular weight is 389 g/mol. The summed E-state index contributed by atoms with van der Waals surface area (Å²) in [7, 11) is 1.72. The fourth-order valence-electron chi connectivity index (χ4n) is 4.66. The quantitative estimate of drug-likeness (QED) is 0.686. The second kappa shape index (κ2) is 7.00. The number of methoxy groups -OCH3 is 1. The van der Waals surface area contributed by atoms with E-state index in [9.17, 15) is 4.79 Å². The summed E-state index contributed by atoms with van der Waals surface area (Å²) in [6, 6.07) is 13.7. The van der Waals surface area contributed by atoms with Crippen molar-refractivity contribution in [3.8, 4) is 5.82 Å². The van der Waals surface area contributed by atoms with Crippen molar-refractivity contribution in [2.45, 2.75) is 12.0 Å². The molecule has 0 aromatic carbocycles. The third kappa shape index (κ3) is 2.73. The molecule has 0 saturated carbocycles. The number of aromatic nitrogens is 3. The highest BCUT2D eigenvalue weighted by Gasteiger charge is 2.50. The molecule has 148 valence electrons. The fourth-order valence-corrected chi connectivity index (χ4v) is 4.66. The van der Waals surface area contributed by atoms with Gasteiger partial charge in [0.2, 0.25) is 0 Å². The first-order chi connectivity index (χ1) is 14.2. The number of fused-ring (bicyclic) bond motifs is 4. The number of carbonyl (C=O) groups is 1. The maximum atomic E-state index is 13.1. The van der Waals surface area contributed by atoms with Crippen LogP contribution < -0.4 is 4.90 Å². The van der Waals surface area contributed by atoms with Gasteiger partial charge in [-0.2, -0.15) is 0 Å². The van der Waals surface area contributed by atoms with E-state index in [-0.39, 0.29) is 11.4 Å². The van der Waals surface area contributed by atoms with Gasteiger partial charge in [-0.05, 0) is 42.8 Å². The number of anilines is 1. The predicted molar refractivity (Wildman–Crippen MR) is 109 cm³/mol. The smallest absolute Gasteiger partial charge is 0.272 e. The van der Waals surface area contributed by atoms with Crippen molar-refractivity contribution in [2.75, 3.05) is 38.3 Å². The summed E-state index contributed by atoms with van der Waals surface area (Å²) in [5.41, 5.74) is 2.40. The molecule has 3 aromatic rings. The first-order valence-electron chi connectivity index (χ1n) is 9.85. The number of rotatable bonds is 4. The van der Waals surface area contributed by atoms with E-state index in [2.05, 4.69) is 43.8 Å². The lowest BCUT2D eigenvalue weighted by Gasteiger charge is -2.47. The lowest BCUT2D eigenvalue weighted by Crippen LogP contribution is -2.53. The third-order valence-electron chi connectivity index (χ3n) is 5.97. The minimum absolute atomic E-state index is 0.0238. The number of amides is 1. The van der Waals surface area contributed by atoms with Crippen molar-refractivity contribution in [3.05, 3.63) is 72.4 Å². The Morgan fingerprint density at radius 2 is 2.03 bits per heavy atom. The van der Waals surface area contributed by atoms with Gasteiger partial charge in [0.15, 0.2) is 5.82 Å². The average Bonchev–Trinajstić information content (AvgIpc) is 3.43. The van der Waals surface area contributed by atoms with Crippen LogP contribution in [-0.4, -0.2) is 58.7 Å². The summed E-state index contributed by atoms with van der Waals surface area (Å²) in [6.45, 7) is 2.61. The maximum absolute atomic E-state index is 13.1. The van der Waals surface area contributed by atoms with Crippen LogP contribution in [0.5, 0.6) is 0 Å². The Morgan fingerprint density at radius 1 is 1.14 bits per heavy atom. The summed E-state index contributed by atoms with van der Waals surface area (Å²) < 4.78 is 7.58. The molecular formula is C22H23N5O2. The van der Waals surface area contributed by atoms with Crippen LogP contribution in [0, 0.1) is 0 Å². The van der Waals surface area contributed by atoms with Crippen LogP contribution >= 0.6 is 0 Å². The number of likely N-dealkylation sites (tertiary alicyclic amines) is 1. The van der Waals surface area contributed by atoms with Crippen molar-refractivity contribution in [1.29, 1.82) is 0 Å². The van der Waals surface area contributed by atoms with Crippen LogP contribution in [0.1, 0.15) is 22.6 Å². The molecule has 0 N–H and O–H groups in total. The minimum Gasteiger partial charge on any atom is -0.383 e. The number of ether oxygens (including phenoxy) is 1. The lowest BCUT2D eigenvalue weighted by atomic mass is 9.89. The van der Waals surface area contributed by atoms with Gasteiger partial charge in [0, 0.05) is 45.3 Å². The number of pyridine rings is 2. The van der Waals surface area contributed by atoms with Gasteiger partial charge in [-0.3, -0.25) is 9.78 Å². The molecule has 1 fully saturated rings. The topological polar surface area (TPSA) is 63.5 Å². The van der Waals surface area contributed by atoms with E-state index in [4.69, 9.17) is 4.74 Å². The molecule has 7 nitrogen and oxygen atoms in total. The molecule has 29 heavy (non-hydrogen) atoms. The second-order valence-corrected chi connectivity index (χ2v) is 7.48. The zero-order valence-corrected chi connectivity index (χ0v) is 16.4. The predicted octanol–water partition coefficient (Wildman–Crippen LogP) is 2.48. The standard InChI is InChI=1S/C22H23N5O2/c1-29-15-14-27-18-7-4-11-24-20(18)26-12-5-8-19(26)22(27)9-13-25(16-22)21(28)17-6-2-3-10-23-17/h2-8,10-12H,9,13-16H2,1H3/t22-/m0/s1. The molecule has 0 bridgehead atoms. The Hall–Kier alpha value is -3.19. The summed E-state index contributed by atoms with van der Waals surface area (Å²) in [4.78, 5) is 26.3. The molecule has 0 aliphatic carbocycles. The van der Waals surface area contributed by atoms with E-state index in [0.717, 1.165) is 30.2 Å². The summed E-state index contributed by atoms with van der Waals surface area (Å²) in [5.74, 6) is 0.896. The molecule has 1 spiro atoms. The molecule has 3 aromatic heterocycles. The van der Waals surface area contributed by atoms with Gasteiger partial charge in [0.1, 0.15) is 11.2 Å². The Kier molecular flexibility index (Phi) is 4.32. The molecule has 0 radical (unpaired) electrons. The van der Waals surface area contributed by atoms with Crippen molar-refractivity contribution in [1.82, 2.24) is 19.4 Å². The highest BCUT2D eigenvalue weighted by Crippen LogP contribution is 2.46. The maximum Gasteiger partial charge on any atom is 0.272 e. The third-order valence-corrected chi connectivity index (χ3v) is 5.97. The highest BCUT2D eigenvalue weighted by molar-refractivity contribution is 5.92. The number of carbonyl (C=O) groups excluding carboxylic acids is 1. The van der Waals surface area contributed by atoms with Crippen LogP contribution in [0.2, 0.25) is 0 Å². The largest absolute Gasteiger partial charge is 0.383 e. The molecule has 1 amide bonds. The molecule has 5 heterocycles. The molecule has 5 rings (SSSR count). The van der Waals surface area contributed by atoms with Gasteiger partial charge in [0.25, 0.3) is 5.91 Å².